The van der Waals surface area contributed by atoms with Crippen LogP contribution in [-0.4, -0.2) is 23.6 Å². The molecule has 2 aromatic rings. The first-order chi connectivity index (χ1) is 9.28. The Labute approximate surface area is 110 Å². The van der Waals surface area contributed by atoms with Crippen molar-refractivity contribution in [2.45, 2.75) is 13.0 Å². The summed E-state index contributed by atoms with van der Waals surface area (Å²) in [5.74, 6) is 1.35. The van der Waals surface area contributed by atoms with Crippen molar-refractivity contribution in [1.82, 2.24) is 15.3 Å². The Morgan fingerprint density at radius 2 is 2.26 bits per heavy atom. The van der Waals surface area contributed by atoms with Crippen LogP contribution in [0.15, 0.2) is 29.1 Å². The predicted octanol–water partition coefficient (Wildman–Crippen LogP) is 1.09. The van der Waals surface area contributed by atoms with E-state index in [1.165, 1.54) is 0 Å². The first-order valence-corrected chi connectivity index (χ1v) is 6.25. The Morgan fingerprint density at radius 1 is 1.37 bits per heavy atom. The standard InChI is InChI=1S/C14H15N3O2/c1-19-10-4-2-3-9(7-10)13-16-12-5-6-15-8-11(12)14(18)17-13/h2-4,7,15H,5-6,8H2,1H3,(H,16,17,18). The van der Waals surface area contributed by atoms with Crippen molar-refractivity contribution in [2.24, 2.45) is 0 Å². The lowest BCUT2D eigenvalue weighted by Crippen LogP contribution is -2.31. The molecule has 2 heterocycles. The SMILES string of the molecule is COc1cccc(-c2nc3c(c(=O)[nH]2)CNCC3)c1. The van der Waals surface area contributed by atoms with Gasteiger partial charge in [-0.3, -0.25) is 4.79 Å². The van der Waals surface area contributed by atoms with Crippen LogP contribution in [0, 0.1) is 0 Å². The van der Waals surface area contributed by atoms with E-state index in [4.69, 9.17) is 4.74 Å². The smallest absolute Gasteiger partial charge is 0.255 e. The van der Waals surface area contributed by atoms with Crippen LogP contribution in [0.4, 0.5) is 0 Å². The van der Waals surface area contributed by atoms with Crippen LogP contribution in [0.5, 0.6) is 5.75 Å². The molecule has 0 aliphatic carbocycles. The van der Waals surface area contributed by atoms with Gasteiger partial charge in [-0.2, -0.15) is 0 Å². The van der Waals surface area contributed by atoms with E-state index in [1.54, 1.807) is 7.11 Å². The van der Waals surface area contributed by atoms with E-state index in [-0.39, 0.29) is 5.56 Å². The lowest BCUT2D eigenvalue weighted by atomic mass is 10.1. The highest BCUT2D eigenvalue weighted by atomic mass is 16.5. The van der Waals surface area contributed by atoms with Crippen molar-refractivity contribution in [3.63, 3.8) is 0 Å². The van der Waals surface area contributed by atoms with Gasteiger partial charge in [-0.1, -0.05) is 12.1 Å². The van der Waals surface area contributed by atoms with Crippen LogP contribution < -0.4 is 15.6 Å². The van der Waals surface area contributed by atoms with Gasteiger partial charge in [-0.15, -0.1) is 0 Å². The molecule has 5 heteroatoms. The third-order valence-corrected chi connectivity index (χ3v) is 3.28. The van der Waals surface area contributed by atoms with Gasteiger partial charge in [0.15, 0.2) is 0 Å². The lowest BCUT2D eigenvalue weighted by molar-refractivity contribution is 0.415. The fourth-order valence-electron chi connectivity index (χ4n) is 2.26. The minimum Gasteiger partial charge on any atom is -0.497 e. The van der Waals surface area contributed by atoms with Crippen molar-refractivity contribution >= 4 is 0 Å². The molecule has 1 aliphatic heterocycles. The number of hydrogen-bond donors (Lipinski definition) is 2. The third-order valence-electron chi connectivity index (χ3n) is 3.28. The number of methoxy groups -OCH3 is 1. The van der Waals surface area contributed by atoms with Gasteiger partial charge in [0.25, 0.3) is 5.56 Å². The van der Waals surface area contributed by atoms with Crippen molar-refractivity contribution < 1.29 is 4.74 Å². The van der Waals surface area contributed by atoms with Gasteiger partial charge in [-0.05, 0) is 12.1 Å². The fraction of sp³-hybridized carbons (Fsp3) is 0.286. The minimum absolute atomic E-state index is 0.0602. The van der Waals surface area contributed by atoms with Gasteiger partial charge in [-0.25, -0.2) is 4.98 Å². The van der Waals surface area contributed by atoms with E-state index < -0.39 is 0 Å². The highest BCUT2D eigenvalue weighted by Crippen LogP contribution is 2.21. The molecule has 0 saturated heterocycles. The summed E-state index contributed by atoms with van der Waals surface area (Å²) in [6.45, 7) is 1.46. The molecule has 2 N–H and O–H groups in total. The number of rotatable bonds is 2. The summed E-state index contributed by atoms with van der Waals surface area (Å²) in [5, 5.41) is 3.18. The Balaban J connectivity index is 2.10. The molecule has 19 heavy (non-hydrogen) atoms. The van der Waals surface area contributed by atoms with Crippen LogP contribution in [-0.2, 0) is 13.0 Å². The lowest BCUT2D eigenvalue weighted by Gasteiger charge is -2.16. The maximum Gasteiger partial charge on any atom is 0.255 e. The molecule has 5 nitrogen and oxygen atoms in total. The second-order valence-corrected chi connectivity index (χ2v) is 4.50. The Kier molecular flexibility index (Phi) is 3.05. The normalized spacial score (nSPS) is 13.9. The Morgan fingerprint density at radius 3 is 3.11 bits per heavy atom. The second-order valence-electron chi connectivity index (χ2n) is 4.50. The van der Waals surface area contributed by atoms with Gasteiger partial charge in [0, 0.05) is 25.1 Å². The average Bonchev–Trinajstić information content (AvgIpc) is 2.47. The van der Waals surface area contributed by atoms with E-state index in [1.807, 2.05) is 24.3 Å². The van der Waals surface area contributed by atoms with Crippen LogP contribution in [0.1, 0.15) is 11.3 Å². The van der Waals surface area contributed by atoms with Crippen molar-refractivity contribution in [3.05, 3.63) is 45.9 Å². The molecule has 1 aliphatic rings. The van der Waals surface area contributed by atoms with Gasteiger partial charge >= 0.3 is 0 Å². The van der Waals surface area contributed by atoms with Gasteiger partial charge in [0.05, 0.1) is 18.4 Å². The molecule has 0 bridgehead atoms. The zero-order valence-electron chi connectivity index (χ0n) is 10.7. The summed E-state index contributed by atoms with van der Waals surface area (Å²) in [5.41, 5.74) is 2.44. The number of fused-ring (bicyclic) bond motifs is 1. The molecule has 1 aromatic heterocycles. The molecule has 0 amide bonds. The third kappa shape index (κ3) is 2.24. The molecule has 98 valence electrons. The summed E-state index contributed by atoms with van der Waals surface area (Å²) in [6, 6.07) is 7.53. The second kappa shape index (κ2) is 4.85. The summed E-state index contributed by atoms with van der Waals surface area (Å²) in [6.07, 6.45) is 0.788. The number of nitrogens with one attached hydrogen (secondary N) is 2. The molecule has 3 rings (SSSR count). The molecule has 0 unspecified atom stereocenters. The maximum atomic E-state index is 12.0. The minimum atomic E-state index is -0.0602. The summed E-state index contributed by atoms with van der Waals surface area (Å²) < 4.78 is 5.19. The molecular formula is C14H15N3O2. The number of nitrogens with zero attached hydrogens (tertiary/aromatic N) is 1. The first-order valence-electron chi connectivity index (χ1n) is 6.25. The molecular weight excluding hydrogens is 242 g/mol. The quantitative estimate of drug-likeness (QED) is 0.845. The molecule has 0 saturated carbocycles. The number of benzene rings is 1. The van der Waals surface area contributed by atoms with E-state index in [2.05, 4.69) is 15.3 Å². The Hall–Kier alpha value is -2.14. The number of ether oxygens (including phenoxy) is 1. The zero-order chi connectivity index (χ0) is 13.2. The van der Waals surface area contributed by atoms with E-state index in [9.17, 15) is 4.79 Å². The van der Waals surface area contributed by atoms with E-state index in [0.29, 0.717) is 12.4 Å². The zero-order valence-corrected chi connectivity index (χ0v) is 10.7. The van der Waals surface area contributed by atoms with Gasteiger partial charge in [0.2, 0.25) is 0 Å². The van der Waals surface area contributed by atoms with E-state index >= 15 is 0 Å². The van der Waals surface area contributed by atoms with E-state index in [0.717, 1.165) is 35.5 Å². The topological polar surface area (TPSA) is 67.0 Å². The highest BCUT2D eigenvalue weighted by molar-refractivity contribution is 5.57. The molecule has 0 fully saturated rings. The van der Waals surface area contributed by atoms with Crippen LogP contribution in [0.2, 0.25) is 0 Å². The molecule has 1 aromatic carbocycles. The van der Waals surface area contributed by atoms with Crippen molar-refractivity contribution in [1.29, 1.82) is 0 Å². The van der Waals surface area contributed by atoms with Crippen LogP contribution >= 0.6 is 0 Å². The number of H-pyrrole nitrogens is 1. The monoisotopic (exact) mass is 257 g/mol. The molecule has 0 atom stereocenters. The number of hydrogen-bond acceptors (Lipinski definition) is 4. The largest absolute Gasteiger partial charge is 0.497 e. The van der Waals surface area contributed by atoms with Crippen LogP contribution in [0.25, 0.3) is 11.4 Å². The van der Waals surface area contributed by atoms with Crippen molar-refractivity contribution in [3.8, 4) is 17.1 Å². The van der Waals surface area contributed by atoms with Crippen molar-refractivity contribution in [2.75, 3.05) is 13.7 Å². The highest BCUT2D eigenvalue weighted by Gasteiger charge is 2.15. The summed E-state index contributed by atoms with van der Waals surface area (Å²) >= 11 is 0. The average molecular weight is 257 g/mol. The summed E-state index contributed by atoms with van der Waals surface area (Å²) in [4.78, 5) is 19.5. The Bertz CT molecular complexity index is 664. The van der Waals surface area contributed by atoms with Gasteiger partial charge < -0.3 is 15.0 Å². The first kappa shape index (κ1) is 11.9. The van der Waals surface area contributed by atoms with Gasteiger partial charge in [0.1, 0.15) is 11.6 Å². The van der Waals surface area contributed by atoms with Crippen LogP contribution in [0.3, 0.4) is 0 Å². The predicted molar refractivity (Wildman–Crippen MR) is 72.3 cm³/mol. The molecule has 0 spiro atoms. The number of aromatic nitrogens is 2. The summed E-state index contributed by atoms with van der Waals surface area (Å²) in [7, 11) is 1.62. The fourth-order valence-corrected chi connectivity index (χ4v) is 2.26. The number of aromatic amines is 1. The maximum absolute atomic E-state index is 12.0. The molecule has 0 radical (unpaired) electrons.